The molecule has 2 heterocycles. The van der Waals surface area contributed by atoms with Gasteiger partial charge in [-0.25, -0.2) is 9.18 Å². The molecule has 0 saturated carbocycles. The van der Waals surface area contributed by atoms with Crippen molar-refractivity contribution >= 4 is 29.0 Å². The van der Waals surface area contributed by atoms with Crippen LogP contribution in [0.15, 0.2) is 42.5 Å². The number of halogens is 1. The molecule has 2 fully saturated rings. The number of amides is 1. The summed E-state index contributed by atoms with van der Waals surface area (Å²) in [5.74, 6) is -0.837. The Bertz CT molecular complexity index is 1120. The van der Waals surface area contributed by atoms with Crippen LogP contribution in [0, 0.1) is 5.82 Å². The summed E-state index contributed by atoms with van der Waals surface area (Å²) in [6.45, 7) is 8.40. The Kier molecular flexibility index (Phi) is 7.88. The zero-order chi connectivity index (χ0) is 25.8. The molecule has 1 atom stereocenters. The highest BCUT2D eigenvalue weighted by Crippen LogP contribution is 2.23. The van der Waals surface area contributed by atoms with Crippen molar-refractivity contribution in [1.82, 2.24) is 9.80 Å². The van der Waals surface area contributed by atoms with Gasteiger partial charge in [0, 0.05) is 63.1 Å². The number of ether oxygens (including phenoxy) is 1. The fourth-order valence-electron chi connectivity index (χ4n) is 4.84. The van der Waals surface area contributed by atoms with E-state index in [2.05, 4.69) is 16.7 Å². The van der Waals surface area contributed by atoms with Crippen molar-refractivity contribution in [2.75, 3.05) is 69.3 Å². The summed E-state index contributed by atoms with van der Waals surface area (Å²) in [5, 5.41) is 0. The quantitative estimate of drug-likeness (QED) is 0.450. The molecule has 8 nitrogen and oxygen atoms in total. The monoisotopic (exact) mass is 496 g/mol. The van der Waals surface area contributed by atoms with Gasteiger partial charge >= 0.3 is 5.97 Å². The summed E-state index contributed by atoms with van der Waals surface area (Å²) in [5.41, 5.74) is 2.39. The topological polar surface area (TPSA) is 73.4 Å². The fourth-order valence-corrected chi connectivity index (χ4v) is 4.84. The third kappa shape index (κ3) is 5.67. The number of hydrogen-bond acceptors (Lipinski definition) is 7. The van der Waals surface area contributed by atoms with Gasteiger partial charge in [-0.3, -0.25) is 14.5 Å². The summed E-state index contributed by atoms with van der Waals surface area (Å²) in [6.07, 6.45) is 0. The zero-order valence-corrected chi connectivity index (χ0v) is 21.1. The van der Waals surface area contributed by atoms with E-state index in [-0.39, 0.29) is 23.7 Å². The van der Waals surface area contributed by atoms with Gasteiger partial charge in [-0.1, -0.05) is 0 Å². The highest BCUT2D eigenvalue weighted by molar-refractivity contribution is 5.94. The van der Waals surface area contributed by atoms with Gasteiger partial charge in [0.05, 0.1) is 24.9 Å². The average molecular weight is 497 g/mol. The second-order valence-electron chi connectivity index (χ2n) is 9.39. The molecular weight excluding hydrogens is 463 g/mol. The first-order valence-corrected chi connectivity index (χ1v) is 12.3. The molecule has 0 N–H and O–H groups in total. The summed E-state index contributed by atoms with van der Waals surface area (Å²) < 4.78 is 19.3. The molecule has 192 valence electrons. The number of piperazine rings is 2. The Morgan fingerprint density at radius 1 is 0.917 bits per heavy atom. The first-order chi connectivity index (χ1) is 17.3. The molecule has 0 radical (unpaired) electrons. The highest BCUT2D eigenvalue weighted by atomic mass is 19.1. The van der Waals surface area contributed by atoms with Crippen molar-refractivity contribution < 1.29 is 23.5 Å². The smallest absolute Gasteiger partial charge is 0.337 e. The highest BCUT2D eigenvalue weighted by Gasteiger charge is 2.29. The molecule has 2 aromatic rings. The molecule has 0 bridgehead atoms. The van der Waals surface area contributed by atoms with E-state index in [1.807, 2.05) is 21.9 Å². The van der Waals surface area contributed by atoms with Gasteiger partial charge in [0.15, 0.2) is 5.78 Å². The van der Waals surface area contributed by atoms with Crippen molar-refractivity contribution in [3.05, 3.63) is 59.4 Å². The normalized spacial score (nSPS) is 18.8. The van der Waals surface area contributed by atoms with Crippen LogP contribution < -0.4 is 9.80 Å². The molecule has 2 aliphatic rings. The van der Waals surface area contributed by atoms with Crippen LogP contribution in [0.25, 0.3) is 0 Å². The number of rotatable bonds is 6. The lowest BCUT2D eigenvalue weighted by molar-refractivity contribution is -0.133. The second kappa shape index (κ2) is 11.1. The number of benzene rings is 2. The van der Waals surface area contributed by atoms with Crippen LogP contribution in [0.5, 0.6) is 0 Å². The Labute approximate surface area is 211 Å². The number of methoxy groups -OCH3 is 1. The summed E-state index contributed by atoms with van der Waals surface area (Å²) in [7, 11) is 1.37. The Morgan fingerprint density at radius 3 is 2.14 bits per heavy atom. The van der Waals surface area contributed by atoms with Crippen LogP contribution >= 0.6 is 0 Å². The van der Waals surface area contributed by atoms with Crippen LogP contribution in [-0.4, -0.2) is 93.0 Å². The van der Waals surface area contributed by atoms with E-state index in [4.69, 9.17) is 4.74 Å². The van der Waals surface area contributed by atoms with E-state index in [1.165, 1.54) is 20.1 Å². The van der Waals surface area contributed by atoms with Gasteiger partial charge in [-0.05, 0) is 56.3 Å². The van der Waals surface area contributed by atoms with E-state index in [1.54, 1.807) is 24.3 Å². The van der Waals surface area contributed by atoms with Crippen LogP contribution in [0.4, 0.5) is 15.8 Å². The van der Waals surface area contributed by atoms with Crippen molar-refractivity contribution in [3.8, 4) is 0 Å². The number of hydrogen-bond donors (Lipinski definition) is 0. The van der Waals surface area contributed by atoms with E-state index in [9.17, 15) is 18.8 Å². The SMILES string of the molecule is COC(=O)c1ccc(N2CCN(CC(=O)N3CCN(c4ccc(C(C)=O)cc4F)CC3)C(C)C2)cc1. The molecule has 1 amide bonds. The van der Waals surface area contributed by atoms with E-state index in [0.717, 1.165) is 25.3 Å². The molecule has 4 rings (SSSR count). The Morgan fingerprint density at radius 2 is 1.56 bits per heavy atom. The lowest BCUT2D eigenvalue weighted by Gasteiger charge is -2.42. The van der Waals surface area contributed by atoms with E-state index >= 15 is 0 Å². The largest absolute Gasteiger partial charge is 0.465 e. The van der Waals surface area contributed by atoms with Crippen molar-refractivity contribution in [2.45, 2.75) is 19.9 Å². The molecule has 2 aliphatic heterocycles. The minimum atomic E-state index is -0.408. The fraction of sp³-hybridized carbons (Fsp3) is 0.444. The summed E-state index contributed by atoms with van der Waals surface area (Å²) in [4.78, 5) is 44.4. The van der Waals surface area contributed by atoms with Crippen LogP contribution in [0.3, 0.4) is 0 Å². The van der Waals surface area contributed by atoms with Gasteiger partial charge in [0.25, 0.3) is 0 Å². The minimum Gasteiger partial charge on any atom is -0.465 e. The molecule has 9 heteroatoms. The van der Waals surface area contributed by atoms with Crippen LogP contribution in [-0.2, 0) is 9.53 Å². The first-order valence-electron chi connectivity index (χ1n) is 12.3. The molecule has 2 aromatic carbocycles. The molecule has 36 heavy (non-hydrogen) atoms. The van der Waals surface area contributed by atoms with E-state index < -0.39 is 5.82 Å². The summed E-state index contributed by atoms with van der Waals surface area (Å²) in [6, 6.07) is 12.2. The van der Waals surface area contributed by atoms with E-state index in [0.29, 0.717) is 49.5 Å². The van der Waals surface area contributed by atoms with Gasteiger partial charge in [0.2, 0.25) is 5.91 Å². The second-order valence-corrected chi connectivity index (χ2v) is 9.39. The van der Waals surface area contributed by atoms with Gasteiger partial charge in [-0.15, -0.1) is 0 Å². The third-order valence-corrected chi connectivity index (χ3v) is 7.08. The third-order valence-electron chi connectivity index (χ3n) is 7.08. The Balaban J connectivity index is 1.27. The predicted molar refractivity (Wildman–Crippen MR) is 136 cm³/mol. The first kappa shape index (κ1) is 25.6. The number of carbonyl (C=O) groups excluding carboxylic acids is 3. The minimum absolute atomic E-state index is 0.0878. The lowest BCUT2D eigenvalue weighted by Crippen LogP contribution is -2.56. The van der Waals surface area contributed by atoms with Crippen molar-refractivity contribution in [1.29, 1.82) is 0 Å². The van der Waals surface area contributed by atoms with Gasteiger partial charge in [-0.2, -0.15) is 0 Å². The molecule has 1 unspecified atom stereocenters. The van der Waals surface area contributed by atoms with Crippen molar-refractivity contribution in [2.24, 2.45) is 0 Å². The van der Waals surface area contributed by atoms with Crippen molar-refractivity contribution in [3.63, 3.8) is 0 Å². The molecular formula is C27H33FN4O4. The van der Waals surface area contributed by atoms with Gasteiger partial charge in [0.1, 0.15) is 5.82 Å². The van der Waals surface area contributed by atoms with Crippen LogP contribution in [0.2, 0.25) is 0 Å². The zero-order valence-electron chi connectivity index (χ0n) is 21.1. The maximum absolute atomic E-state index is 14.5. The summed E-state index contributed by atoms with van der Waals surface area (Å²) >= 11 is 0. The molecule has 0 spiro atoms. The molecule has 2 saturated heterocycles. The maximum Gasteiger partial charge on any atom is 0.337 e. The molecule has 0 aromatic heterocycles. The van der Waals surface area contributed by atoms with Crippen LogP contribution in [0.1, 0.15) is 34.6 Å². The standard InChI is InChI=1S/C27H33FN4O4/c1-19-17-32(23-7-4-21(5-8-23)27(35)36-3)15-14-31(19)18-26(34)30-12-10-29(11-13-30)25-9-6-22(20(2)33)16-24(25)28/h4-9,16,19H,10-15,17-18H2,1-3H3. The molecule has 0 aliphatic carbocycles. The maximum atomic E-state index is 14.5. The number of nitrogens with zero attached hydrogens (tertiary/aromatic N) is 4. The number of Topliss-reactive ketones (excluding diaryl/α,β-unsaturated/α-hetero) is 1. The lowest BCUT2D eigenvalue weighted by atomic mass is 10.1. The predicted octanol–water partition coefficient (Wildman–Crippen LogP) is 2.67. The number of anilines is 2. The Hall–Kier alpha value is -3.46. The number of ketones is 1. The number of carbonyl (C=O) groups is 3. The number of esters is 1. The van der Waals surface area contributed by atoms with Gasteiger partial charge < -0.3 is 19.4 Å². The average Bonchev–Trinajstić information content (AvgIpc) is 2.89.